The minimum absolute atomic E-state index is 0.0125. The van der Waals surface area contributed by atoms with Gasteiger partial charge in [-0.15, -0.1) is 0 Å². The first-order valence-corrected chi connectivity index (χ1v) is 10.0. The number of hydrogen-bond donors (Lipinski definition) is 2. The van der Waals surface area contributed by atoms with Crippen LogP contribution in [0.3, 0.4) is 0 Å². The summed E-state index contributed by atoms with van der Waals surface area (Å²) in [5.74, 6) is -1.42. The van der Waals surface area contributed by atoms with Crippen LogP contribution >= 0.6 is 0 Å². The predicted molar refractivity (Wildman–Crippen MR) is 106 cm³/mol. The lowest BCUT2D eigenvalue weighted by Crippen LogP contribution is -2.76. The normalized spacial score (nSPS) is 27.4. The number of nitro groups is 1. The first-order valence-electron chi connectivity index (χ1n) is 10.0. The first kappa shape index (κ1) is 20.3. The molecule has 0 bridgehead atoms. The van der Waals surface area contributed by atoms with E-state index in [-0.39, 0.29) is 24.1 Å². The van der Waals surface area contributed by atoms with Gasteiger partial charge >= 0.3 is 6.03 Å². The third-order valence-corrected chi connectivity index (χ3v) is 6.33. The fraction of sp³-hybridized carbons (Fsp3) is 0.550. The van der Waals surface area contributed by atoms with Crippen LogP contribution in [-0.2, 0) is 20.7 Å². The number of rotatable bonds is 3. The van der Waals surface area contributed by atoms with Gasteiger partial charge in [0.1, 0.15) is 0 Å². The van der Waals surface area contributed by atoms with Gasteiger partial charge in [0, 0.05) is 30.8 Å². The third kappa shape index (κ3) is 2.85. The molecule has 2 N–H and O–H groups in total. The second-order valence-corrected chi connectivity index (χ2v) is 8.43. The van der Waals surface area contributed by atoms with E-state index in [0.717, 1.165) is 12.1 Å². The maximum Gasteiger partial charge on any atom is 0.328 e. The van der Waals surface area contributed by atoms with Crippen LogP contribution in [0.15, 0.2) is 18.2 Å². The fourth-order valence-electron chi connectivity index (χ4n) is 4.90. The number of fused-ring (bicyclic) bond motifs is 4. The van der Waals surface area contributed by atoms with Crippen molar-refractivity contribution in [2.24, 2.45) is 11.3 Å². The Morgan fingerprint density at radius 2 is 1.93 bits per heavy atom. The second kappa shape index (κ2) is 7.05. The van der Waals surface area contributed by atoms with Crippen molar-refractivity contribution in [1.29, 1.82) is 0 Å². The van der Waals surface area contributed by atoms with Crippen LogP contribution < -0.4 is 15.5 Å². The van der Waals surface area contributed by atoms with Crippen LogP contribution in [0, 0.1) is 21.4 Å². The molecule has 160 valence electrons. The van der Waals surface area contributed by atoms with Crippen LogP contribution in [0.25, 0.3) is 0 Å². The van der Waals surface area contributed by atoms with Crippen LogP contribution in [0.2, 0.25) is 0 Å². The highest BCUT2D eigenvalue weighted by Crippen LogP contribution is 2.48. The van der Waals surface area contributed by atoms with Gasteiger partial charge in [-0.2, -0.15) is 0 Å². The van der Waals surface area contributed by atoms with Crippen molar-refractivity contribution in [3.8, 4) is 0 Å². The number of carbonyl (C=O) groups excluding carboxylic acids is 3. The number of anilines is 1. The molecule has 4 rings (SSSR count). The molecular formula is C20H24N4O6. The number of ether oxygens (including phenoxy) is 1. The Bertz CT molecular complexity index is 925. The molecule has 3 atom stereocenters. The number of nitrogens with zero attached hydrogens (tertiary/aromatic N) is 2. The molecule has 1 aromatic rings. The molecule has 0 unspecified atom stereocenters. The molecule has 10 nitrogen and oxygen atoms in total. The van der Waals surface area contributed by atoms with Gasteiger partial charge in [-0.1, -0.05) is 20.8 Å². The summed E-state index contributed by atoms with van der Waals surface area (Å²) in [6.45, 7) is 6.36. The number of hydrogen-bond acceptors (Lipinski definition) is 7. The number of amides is 4. The Balaban J connectivity index is 1.94. The van der Waals surface area contributed by atoms with Gasteiger partial charge in [-0.25, -0.2) is 4.79 Å². The van der Waals surface area contributed by atoms with E-state index in [1.54, 1.807) is 6.07 Å². The summed E-state index contributed by atoms with van der Waals surface area (Å²) in [7, 11) is 0. The minimum atomic E-state index is -1.64. The van der Waals surface area contributed by atoms with Crippen LogP contribution in [0.4, 0.5) is 16.2 Å². The Labute approximate surface area is 173 Å². The van der Waals surface area contributed by atoms with Gasteiger partial charge < -0.3 is 9.64 Å². The molecule has 1 aromatic carbocycles. The monoisotopic (exact) mass is 416 g/mol. The van der Waals surface area contributed by atoms with E-state index in [1.165, 1.54) is 12.1 Å². The summed E-state index contributed by atoms with van der Waals surface area (Å²) in [6, 6.07) is 3.00. The van der Waals surface area contributed by atoms with Crippen LogP contribution in [0.1, 0.15) is 32.8 Å². The number of barbiturate groups is 1. The van der Waals surface area contributed by atoms with Gasteiger partial charge in [-0.05, 0) is 24.0 Å². The standard InChI is InChI=1S/C20H24N4O6/c1-4-13-9-23-14-6-5-12(24(28)29)7-11(14)8-20(16(23)15(30-13)10(2)3)17(25)21-19(27)22-18(20)26/h5-7,10,13,15-16H,4,8-9H2,1-3H3,(H2,21,22,25,26,27)/t13-,15+,16-/m0/s1. The number of urea groups is 1. The van der Waals surface area contributed by atoms with Crippen molar-refractivity contribution in [3.05, 3.63) is 33.9 Å². The summed E-state index contributed by atoms with van der Waals surface area (Å²) < 4.78 is 6.30. The molecule has 0 radical (unpaired) electrons. The molecule has 0 aromatic heterocycles. The average molecular weight is 416 g/mol. The average Bonchev–Trinajstić information content (AvgIpc) is 2.70. The summed E-state index contributed by atoms with van der Waals surface area (Å²) in [5, 5.41) is 15.8. The smallest absolute Gasteiger partial charge is 0.328 e. The first-order chi connectivity index (χ1) is 14.2. The molecule has 0 saturated carbocycles. The van der Waals surface area contributed by atoms with E-state index in [9.17, 15) is 24.5 Å². The Morgan fingerprint density at radius 1 is 1.27 bits per heavy atom. The van der Waals surface area contributed by atoms with Crippen LogP contribution in [0.5, 0.6) is 0 Å². The Kier molecular flexibility index (Phi) is 4.76. The minimum Gasteiger partial charge on any atom is -0.371 e. The fourth-order valence-corrected chi connectivity index (χ4v) is 4.90. The van der Waals surface area contributed by atoms with E-state index in [4.69, 9.17) is 4.74 Å². The van der Waals surface area contributed by atoms with E-state index in [0.29, 0.717) is 12.1 Å². The zero-order valence-corrected chi connectivity index (χ0v) is 17.0. The summed E-state index contributed by atoms with van der Waals surface area (Å²) >= 11 is 0. The Hall–Kier alpha value is -3.01. The highest BCUT2D eigenvalue weighted by Gasteiger charge is 2.64. The largest absolute Gasteiger partial charge is 0.371 e. The number of nitro benzene ring substituents is 1. The molecule has 3 heterocycles. The van der Waals surface area contributed by atoms with Crippen molar-refractivity contribution >= 4 is 29.2 Å². The van der Waals surface area contributed by atoms with Crippen LogP contribution in [-0.4, -0.2) is 47.6 Å². The van der Waals surface area contributed by atoms with E-state index in [2.05, 4.69) is 10.6 Å². The zero-order chi connectivity index (χ0) is 21.8. The van der Waals surface area contributed by atoms with Gasteiger partial charge in [-0.3, -0.25) is 30.3 Å². The van der Waals surface area contributed by atoms with E-state index < -0.39 is 40.3 Å². The van der Waals surface area contributed by atoms with Gasteiger partial charge in [0.05, 0.1) is 23.2 Å². The maximum atomic E-state index is 13.2. The third-order valence-electron chi connectivity index (χ3n) is 6.33. The summed E-state index contributed by atoms with van der Waals surface area (Å²) in [6.07, 6.45) is 0.109. The number of carbonyl (C=O) groups is 3. The molecule has 2 fully saturated rings. The molecular weight excluding hydrogens is 392 g/mol. The van der Waals surface area contributed by atoms with Gasteiger partial charge in [0.2, 0.25) is 11.8 Å². The number of non-ortho nitro benzene ring substituents is 1. The number of morpholine rings is 1. The molecule has 2 saturated heterocycles. The molecule has 10 heteroatoms. The highest BCUT2D eigenvalue weighted by molar-refractivity contribution is 6.20. The number of imide groups is 2. The second-order valence-electron chi connectivity index (χ2n) is 8.43. The van der Waals surface area contributed by atoms with Crippen molar-refractivity contribution in [3.63, 3.8) is 0 Å². The summed E-state index contributed by atoms with van der Waals surface area (Å²) in [5.41, 5.74) is -0.472. The number of nitrogens with one attached hydrogen (secondary N) is 2. The molecule has 4 amide bonds. The van der Waals surface area contributed by atoms with Crippen molar-refractivity contribution in [2.75, 3.05) is 11.4 Å². The Morgan fingerprint density at radius 3 is 2.50 bits per heavy atom. The highest BCUT2D eigenvalue weighted by atomic mass is 16.6. The molecule has 3 aliphatic rings. The lowest BCUT2D eigenvalue weighted by molar-refractivity contribution is -0.384. The SMILES string of the molecule is CC[C@H]1CN2c3ccc([N+](=O)[O-])cc3CC3(C(=O)NC(=O)NC3=O)[C@@H]2[C@@H](C(C)C)O1. The van der Waals surface area contributed by atoms with E-state index >= 15 is 0 Å². The van der Waals surface area contributed by atoms with Crippen molar-refractivity contribution in [1.82, 2.24) is 10.6 Å². The predicted octanol–water partition coefficient (Wildman–Crippen LogP) is 1.51. The van der Waals surface area contributed by atoms with Crippen molar-refractivity contribution in [2.45, 2.75) is 51.9 Å². The molecule has 1 spiro atoms. The molecule has 30 heavy (non-hydrogen) atoms. The van der Waals surface area contributed by atoms with Crippen molar-refractivity contribution < 1.29 is 24.0 Å². The topological polar surface area (TPSA) is 131 Å². The lowest BCUT2D eigenvalue weighted by Gasteiger charge is -2.57. The summed E-state index contributed by atoms with van der Waals surface area (Å²) in [4.78, 5) is 50.9. The zero-order valence-electron chi connectivity index (χ0n) is 17.0. The maximum absolute atomic E-state index is 13.2. The lowest BCUT2D eigenvalue weighted by atomic mass is 9.65. The van der Waals surface area contributed by atoms with Gasteiger partial charge in [0.15, 0.2) is 5.41 Å². The molecule has 3 aliphatic heterocycles. The quantitative estimate of drug-likeness (QED) is 0.434. The molecule has 0 aliphatic carbocycles. The number of benzene rings is 1. The van der Waals surface area contributed by atoms with E-state index in [1.807, 2.05) is 25.7 Å². The van der Waals surface area contributed by atoms with Gasteiger partial charge in [0.25, 0.3) is 5.69 Å².